The van der Waals surface area contributed by atoms with Gasteiger partial charge in [0.1, 0.15) is 0 Å². The second kappa shape index (κ2) is 5.10. The maximum atomic E-state index is 5.75. The number of para-hydroxylation sites is 1. The monoisotopic (exact) mass is 256 g/mol. The van der Waals surface area contributed by atoms with Gasteiger partial charge in [0.2, 0.25) is 0 Å². The molecule has 0 saturated heterocycles. The lowest BCUT2D eigenvalue weighted by Gasteiger charge is -2.27. The molecular weight excluding hydrogens is 236 g/mol. The van der Waals surface area contributed by atoms with Crippen molar-refractivity contribution < 1.29 is 4.42 Å². The van der Waals surface area contributed by atoms with Crippen molar-refractivity contribution in [1.82, 2.24) is 0 Å². The van der Waals surface area contributed by atoms with Gasteiger partial charge in [-0.1, -0.05) is 18.2 Å². The molecule has 2 N–H and O–H groups in total. The highest BCUT2D eigenvalue weighted by Crippen LogP contribution is 2.42. The molecule has 100 valence electrons. The molecule has 0 saturated carbocycles. The lowest BCUT2D eigenvalue weighted by molar-refractivity contribution is 0.554. The van der Waals surface area contributed by atoms with Gasteiger partial charge in [-0.2, -0.15) is 0 Å². The fraction of sp³-hybridized carbons (Fsp3) is 0.375. The normalized spacial score (nSPS) is 19.5. The molecule has 0 radical (unpaired) electrons. The predicted octanol–water partition coefficient (Wildman–Crippen LogP) is 3.29. The van der Waals surface area contributed by atoms with Crippen molar-refractivity contribution in [3.63, 3.8) is 0 Å². The van der Waals surface area contributed by atoms with Crippen LogP contribution >= 0.6 is 0 Å². The van der Waals surface area contributed by atoms with Gasteiger partial charge in [0, 0.05) is 23.7 Å². The first kappa shape index (κ1) is 12.3. The van der Waals surface area contributed by atoms with E-state index in [1.165, 1.54) is 16.8 Å². The van der Waals surface area contributed by atoms with Gasteiger partial charge in [0.05, 0.1) is 18.6 Å². The van der Waals surface area contributed by atoms with E-state index >= 15 is 0 Å². The van der Waals surface area contributed by atoms with Crippen LogP contribution in [-0.4, -0.2) is 13.1 Å². The smallest absolute Gasteiger partial charge is 0.0955 e. The number of furan rings is 1. The molecule has 2 unspecified atom stereocenters. The lowest BCUT2D eigenvalue weighted by Crippen LogP contribution is -2.25. The molecule has 2 atom stereocenters. The number of nitrogens with zero attached hydrogens (tertiary/aromatic N) is 1. The number of rotatable bonds is 4. The summed E-state index contributed by atoms with van der Waals surface area (Å²) in [6.45, 7) is 4.02. The van der Waals surface area contributed by atoms with Crippen molar-refractivity contribution in [2.24, 2.45) is 5.73 Å². The predicted molar refractivity (Wildman–Crippen MR) is 77.3 cm³/mol. The SMILES string of the molecule is CC(c1ccoc1)N1CC(CCN)c2ccccc21. The number of nitrogens with two attached hydrogens (primary N) is 1. The molecule has 1 aromatic heterocycles. The Morgan fingerprint density at radius 1 is 1.37 bits per heavy atom. The van der Waals surface area contributed by atoms with Crippen molar-refractivity contribution in [3.05, 3.63) is 54.0 Å². The van der Waals surface area contributed by atoms with Crippen LogP contribution in [0.5, 0.6) is 0 Å². The van der Waals surface area contributed by atoms with Gasteiger partial charge in [-0.15, -0.1) is 0 Å². The summed E-state index contributed by atoms with van der Waals surface area (Å²) < 4.78 is 5.21. The molecule has 0 spiro atoms. The molecule has 1 aromatic carbocycles. The summed E-state index contributed by atoms with van der Waals surface area (Å²) in [5.74, 6) is 0.551. The largest absolute Gasteiger partial charge is 0.472 e. The van der Waals surface area contributed by atoms with E-state index in [4.69, 9.17) is 10.2 Å². The highest BCUT2D eigenvalue weighted by molar-refractivity contribution is 5.61. The van der Waals surface area contributed by atoms with Crippen LogP contribution in [-0.2, 0) is 0 Å². The van der Waals surface area contributed by atoms with Crippen molar-refractivity contribution in [3.8, 4) is 0 Å². The molecule has 0 bridgehead atoms. The topological polar surface area (TPSA) is 42.4 Å². The van der Waals surface area contributed by atoms with E-state index in [2.05, 4.69) is 36.1 Å². The first-order valence-corrected chi connectivity index (χ1v) is 6.89. The number of benzene rings is 1. The summed E-state index contributed by atoms with van der Waals surface area (Å²) in [7, 11) is 0. The Kier molecular flexibility index (Phi) is 3.30. The van der Waals surface area contributed by atoms with Crippen molar-refractivity contribution in [1.29, 1.82) is 0 Å². The second-order valence-corrected chi connectivity index (χ2v) is 5.22. The first-order valence-electron chi connectivity index (χ1n) is 6.89. The highest BCUT2D eigenvalue weighted by Gasteiger charge is 2.31. The Bertz CT molecular complexity index is 535. The van der Waals surface area contributed by atoms with Gasteiger partial charge >= 0.3 is 0 Å². The number of anilines is 1. The van der Waals surface area contributed by atoms with E-state index in [0.29, 0.717) is 12.0 Å². The minimum atomic E-state index is 0.336. The Balaban J connectivity index is 1.92. The zero-order valence-corrected chi connectivity index (χ0v) is 11.3. The Morgan fingerprint density at radius 2 is 2.21 bits per heavy atom. The summed E-state index contributed by atoms with van der Waals surface area (Å²) in [6.07, 6.45) is 4.63. The van der Waals surface area contributed by atoms with Gasteiger partial charge in [-0.05, 0) is 37.6 Å². The maximum Gasteiger partial charge on any atom is 0.0955 e. The van der Waals surface area contributed by atoms with Gasteiger partial charge in [-0.3, -0.25) is 0 Å². The minimum Gasteiger partial charge on any atom is -0.472 e. The maximum absolute atomic E-state index is 5.75. The standard InChI is InChI=1S/C16H20N2O/c1-12(14-7-9-19-11-14)18-10-13(6-8-17)15-4-2-3-5-16(15)18/h2-5,7,9,11-13H,6,8,10,17H2,1H3. The average molecular weight is 256 g/mol. The molecule has 3 nitrogen and oxygen atoms in total. The van der Waals surface area contributed by atoms with Crippen LogP contribution in [0, 0.1) is 0 Å². The van der Waals surface area contributed by atoms with Gasteiger partial charge in [0.15, 0.2) is 0 Å². The van der Waals surface area contributed by atoms with E-state index < -0.39 is 0 Å². The molecule has 0 aliphatic carbocycles. The van der Waals surface area contributed by atoms with Crippen LogP contribution in [0.3, 0.4) is 0 Å². The Morgan fingerprint density at radius 3 is 2.95 bits per heavy atom. The molecule has 3 rings (SSSR count). The zero-order chi connectivity index (χ0) is 13.2. The van der Waals surface area contributed by atoms with Crippen LogP contribution in [0.2, 0.25) is 0 Å². The van der Waals surface area contributed by atoms with Crippen LogP contribution in [0.25, 0.3) is 0 Å². The third-order valence-electron chi connectivity index (χ3n) is 4.11. The third kappa shape index (κ3) is 2.15. The summed E-state index contributed by atoms with van der Waals surface area (Å²) in [5, 5.41) is 0. The molecule has 0 amide bonds. The molecule has 3 heteroatoms. The molecule has 19 heavy (non-hydrogen) atoms. The summed E-state index contributed by atoms with van der Waals surface area (Å²) >= 11 is 0. The van der Waals surface area contributed by atoms with E-state index in [1.54, 1.807) is 6.26 Å². The van der Waals surface area contributed by atoms with Crippen molar-refractivity contribution in [2.45, 2.75) is 25.3 Å². The first-order chi connectivity index (χ1) is 9.31. The summed E-state index contributed by atoms with van der Waals surface area (Å²) in [4.78, 5) is 2.46. The second-order valence-electron chi connectivity index (χ2n) is 5.22. The number of hydrogen-bond donors (Lipinski definition) is 1. The van der Waals surface area contributed by atoms with Gasteiger partial charge in [0.25, 0.3) is 0 Å². The van der Waals surface area contributed by atoms with E-state index in [-0.39, 0.29) is 0 Å². The fourth-order valence-electron chi connectivity index (χ4n) is 3.04. The van der Waals surface area contributed by atoms with Crippen LogP contribution in [0.15, 0.2) is 47.3 Å². The lowest BCUT2D eigenvalue weighted by atomic mass is 9.98. The van der Waals surface area contributed by atoms with Crippen LogP contribution in [0.4, 0.5) is 5.69 Å². The van der Waals surface area contributed by atoms with Crippen molar-refractivity contribution in [2.75, 3.05) is 18.0 Å². The van der Waals surface area contributed by atoms with Gasteiger partial charge < -0.3 is 15.1 Å². The molecule has 0 fully saturated rings. The van der Waals surface area contributed by atoms with E-state index in [1.807, 2.05) is 12.3 Å². The molecule has 2 heterocycles. The van der Waals surface area contributed by atoms with Crippen LogP contribution in [0.1, 0.15) is 36.4 Å². The Labute approximate surface area is 114 Å². The molecule has 2 aromatic rings. The zero-order valence-electron chi connectivity index (χ0n) is 11.3. The fourth-order valence-corrected chi connectivity index (χ4v) is 3.04. The minimum absolute atomic E-state index is 0.336. The molecule has 1 aliphatic rings. The summed E-state index contributed by atoms with van der Waals surface area (Å²) in [5.41, 5.74) is 9.75. The quantitative estimate of drug-likeness (QED) is 0.912. The number of fused-ring (bicyclic) bond motifs is 1. The van der Waals surface area contributed by atoms with Crippen LogP contribution < -0.4 is 10.6 Å². The van der Waals surface area contributed by atoms with E-state index in [9.17, 15) is 0 Å². The van der Waals surface area contributed by atoms with Gasteiger partial charge in [-0.25, -0.2) is 0 Å². The molecule has 1 aliphatic heterocycles. The summed E-state index contributed by atoms with van der Waals surface area (Å²) in [6, 6.07) is 11.1. The molecular formula is C16H20N2O. The Hall–Kier alpha value is -1.74. The highest BCUT2D eigenvalue weighted by atomic mass is 16.3. The third-order valence-corrected chi connectivity index (χ3v) is 4.11. The van der Waals surface area contributed by atoms with E-state index in [0.717, 1.165) is 19.5 Å². The van der Waals surface area contributed by atoms with Crippen molar-refractivity contribution >= 4 is 5.69 Å². The average Bonchev–Trinajstić information content (AvgIpc) is 3.07. The number of hydrogen-bond acceptors (Lipinski definition) is 3.